The topological polar surface area (TPSA) is 68.4 Å². The molecule has 1 aromatic heterocycles. The summed E-state index contributed by atoms with van der Waals surface area (Å²) in [7, 11) is 3.07. The largest absolute Gasteiger partial charge is 0.497 e. The van der Waals surface area contributed by atoms with Gasteiger partial charge >= 0.3 is 0 Å². The van der Waals surface area contributed by atoms with Gasteiger partial charge in [0, 0.05) is 17.0 Å². The molecule has 1 N–H and O–H groups in total. The minimum atomic E-state index is -0.200. The van der Waals surface area contributed by atoms with E-state index in [9.17, 15) is 9.59 Å². The highest BCUT2D eigenvalue weighted by atomic mass is 16.5. The second kappa shape index (κ2) is 4.23. The number of nitrogens with one attached hydrogen (secondary N) is 1. The van der Waals surface area contributed by atoms with Crippen LogP contribution in [0.5, 0.6) is 11.5 Å². The fourth-order valence-corrected chi connectivity index (χ4v) is 2.47. The first kappa shape index (κ1) is 12.5. The van der Waals surface area contributed by atoms with E-state index in [-0.39, 0.29) is 11.6 Å². The van der Waals surface area contributed by atoms with E-state index in [0.29, 0.717) is 39.2 Å². The molecule has 3 rings (SSSR count). The van der Waals surface area contributed by atoms with Crippen LogP contribution in [0.4, 0.5) is 0 Å². The van der Waals surface area contributed by atoms with Crippen LogP contribution in [-0.2, 0) is 0 Å². The van der Waals surface area contributed by atoms with Gasteiger partial charge in [-0.25, -0.2) is 0 Å². The molecule has 102 valence electrons. The molecular weight excluding hydrogens is 258 g/mol. The number of ether oxygens (including phenoxy) is 2. The summed E-state index contributed by atoms with van der Waals surface area (Å²) in [6, 6.07) is 3.44. The lowest BCUT2D eigenvalue weighted by atomic mass is 9.93. The number of hydrogen-bond donors (Lipinski definition) is 1. The van der Waals surface area contributed by atoms with E-state index in [1.165, 1.54) is 20.3 Å². The van der Waals surface area contributed by atoms with Crippen molar-refractivity contribution in [2.45, 2.75) is 6.92 Å². The Morgan fingerprint density at radius 1 is 1.10 bits per heavy atom. The number of allylic oxidation sites excluding steroid dienone is 2. The van der Waals surface area contributed by atoms with Crippen LogP contribution in [0.1, 0.15) is 27.8 Å². The van der Waals surface area contributed by atoms with Crippen molar-refractivity contribution in [1.29, 1.82) is 0 Å². The highest BCUT2D eigenvalue weighted by molar-refractivity contribution is 6.29. The number of Topliss-reactive ketones (excluding diaryl/α,β-unsaturated/α-hetero) is 1. The third-order valence-electron chi connectivity index (χ3n) is 3.48. The van der Waals surface area contributed by atoms with Gasteiger partial charge in [0.1, 0.15) is 11.5 Å². The number of carbonyl (C=O) groups excluding carboxylic acids is 2. The first-order valence-electron chi connectivity index (χ1n) is 6.12. The Balaban J connectivity index is 2.41. The highest BCUT2D eigenvalue weighted by Gasteiger charge is 2.29. The van der Waals surface area contributed by atoms with E-state index in [2.05, 4.69) is 4.98 Å². The fraction of sp³-hybridized carbons (Fsp3) is 0.200. The quantitative estimate of drug-likeness (QED) is 0.911. The minimum absolute atomic E-state index is 0.152. The van der Waals surface area contributed by atoms with Gasteiger partial charge in [0.25, 0.3) is 0 Å². The molecule has 0 spiro atoms. The van der Waals surface area contributed by atoms with Gasteiger partial charge in [-0.05, 0) is 19.1 Å². The van der Waals surface area contributed by atoms with Crippen molar-refractivity contribution >= 4 is 22.5 Å². The molecule has 0 saturated heterocycles. The van der Waals surface area contributed by atoms with E-state index in [0.717, 1.165) is 0 Å². The molecule has 0 atom stereocenters. The van der Waals surface area contributed by atoms with Crippen LogP contribution in [0, 0.1) is 0 Å². The Labute approximate surface area is 115 Å². The summed E-state index contributed by atoms with van der Waals surface area (Å²) in [4.78, 5) is 27.3. The molecule has 1 aromatic carbocycles. The molecule has 1 heterocycles. The lowest BCUT2D eigenvalue weighted by molar-refractivity contribution is 0.0983. The van der Waals surface area contributed by atoms with Crippen molar-refractivity contribution < 1.29 is 19.1 Å². The van der Waals surface area contributed by atoms with Gasteiger partial charge in [0.05, 0.1) is 31.0 Å². The van der Waals surface area contributed by atoms with Gasteiger partial charge in [-0.2, -0.15) is 0 Å². The molecular formula is C15H13NO4. The van der Waals surface area contributed by atoms with Crippen LogP contribution < -0.4 is 9.47 Å². The van der Waals surface area contributed by atoms with E-state index >= 15 is 0 Å². The molecule has 1 aliphatic carbocycles. The van der Waals surface area contributed by atoms with Crippen LogP contribution in [0.25, 0.3) is 10.9 Å². The number of fused-ring (bicyclic) bond motifs is 3. The molecule has 5 nitrogen and oxygen atoms in total. The average Bonchev–Trinajstić information content (AvgIpc) is 2.83. The van der Waals surface area contributed by atoms with Crippen molar-refractivity contribution in [1.82, 2.24) is 4.98 Å². The maximum atomic E-state index is 12.3. The van der Waals surface area contributed by atoms with Crippen molar-refractivity contribution in [2.75, 3.05) is 14.2 Å². The number of aromatic amines is 1. The number of benzene rings is 1. The van der Waals surface area contributed by atoms with Crippen LogP contribution >= 0.6 is 0 Å². The first-order chi connectivity index (χ1) is 9.56. The van der Waals surface area contributed by atoms with Gasteiger partial charge in [-0.1, -0.05) is 0 Å². The predicted molar refractivity (Wildman–Crippen MR) is 73.8 cm³/mol. The lowest BCUT2D eigenvalue weighted by Crippen LogP contribution is -2.14. The van der Waals surface area contributed by atoms with Crippen LogP contribution in [0.3, 0.4) is 0 Å². The van der Waals surface area contributed by atoms with Crippen molar-refractivity contribution in [3.05, 3.63) is 35.0 Å². The van der Waals surface area contributed by atoms with Crippen LogP contribution in [0.2, 0.25) is 0 Å². The number of aromatic nitrogens is 1. The molecule has 0 radical (unpaired) electrons. The second-order valence-electron chi connectivity index (χ2n) is 4.65. The Morgan fingerprint density at radius 3 is 2.50 bits per heavy atom. The van der Waals surface area contributed by atoms with Crippen molar-refractivity contribution in [3.8, 4) is 11.5 Å². The van der Waals surface area contributed by atoms with Crippen LogP contribution in [0.15, 0.2) is 23.8 Å². The van der Waals surface area contributed by atoms with Gasteiger partial charge < -0.3 is 14.5 Å². The van der Waals surface area contributed by atoms with E-state index in [4.69, 9.17) is 9.47 Å². The zero-order valence-corrected chi connectivity index (χ0v) is 11.4. The summed E-state index contributed by atoms with van der Waals surface area (Å²) in [5.74, 6) is 0.756. The van der Waals surface area contributed by atoms with E-state index in [1.807, 2.05) is 0 Å². The standard InChI is InChI=1S/C15H13NO4/c1-7-4-10(17)14-12(15(7)18)9-5-8(19-2)6-11(20-3)13(9)16-14/h4-6,16H,1-3H3. The summed E-state index contributed by atoms with van der Waals surface area (Å²) in [6.07, 6.45) is 1.35. The molecule has 2 aromatic rings. The monoisotopic (exact) mass is 271 g/mol. The summed E-state index contributed by atoms with van der Waals surface area (Å²) in [5.41, 5.74) is 1.76. The summed E-state index contributed by atoms with van der Waals surface area (Å²) in [6.45, 7) is 1.64. The van der Waals surface area contributed by atoms with E-state index < -0.39 is 0 Å². The Hall–Kier alpha value is -2.56. The maximum Gasteiger partial charge on any atom is 0.203 e. The first-order valence-corrected chi connectivity index (χ1v) is 6.12. The number of hydrogen-bond acceptors (Lipinski definition) is 4. The third-order valence-corrected chi connectivity index (χ3v) is 3.48. The number of rotatable bonds is 2. The number of methoxy groups -OCH3 is 2. The molecule has 0 aliphatic heterocycles. The minimum Gasteiger partial charge on any atom is -0.497 e. The normalized spacial score (nSPS) is 14.2. The van der Waals surface area contributed by atoms with Gasteiger partial charge in [-0.15, -0.1) is 0 Å². The molecule has 0 fully saturated rings. The van der Waals surface area contributed by atoms with Crippen LogP contribution in [-0.4, -0.2) is 30.8 Å². The number of ketones is 2. The second-order valence-corrected chi connectivity index (χ2v) is 4.65. The summed E-state index contributed by atoms with van der Waals surface area (Å²) < 4.78 is 10.5. The molecule has 0 unspecified atom stereocenters. The zero-order chi connectivity index (χ0) is 14.4. The number of carbonyl (C=O) groups is 2. The van der Waals surface area contributed by atoms with Crippen molar-refractivity contribution in [3.63, 3.8) is 0 Å². The smallest absolute Gasteiger partial charge is 0.203 e. The molecule has 1 aliphatic rings. The molecule has 0 amide bonds. The SMILES string of the molecule is COc1cc(OC)c2[nH]c3c(c2c1)C(=O)C(C)=CC3=O. The summed E-state index contributed by atoms with van der Waals surface area (Å²) in [5, 5.41) is 0.641. The fourth-order valence-electron chi connectivity index (χ4n) is 2.47. The molecule has 5 heteroatoms. The van der Waals surface area contributed by atoms with E-state index in [1.54, 1.807) is 19.1 Å². The number of H-pyrrole nitrogens is 1. The Bertz CT molecular complexity index is 783. The lowest BCUT2D eigenvalue weighted by Gasteiger charge is -2.08. The van der Waals surface area contributed by atoms with Crippen molar-refractivity contribution in [2.24, 2.45) is 0 Å². The molecule has 0 bridgehead atoms. The molecule has 20 heavy (non-hydrogen) atoms. The molecule has 0 saturated carbocycles. The van der Waals surface area contributed by atoms with Gasteiger partial charge in [-0.3, -0.25) is 9.59 Å². The van der Waals surface area contributed by atoms with Gasteiger partial charge in [0.2, 0.25) is 5.78 Å². The predicted octanol–water partition coefficient (Wildman–Crippen LogP) is 2.51. The average molecular weight is 271 g/mol. The summed E-state index contributed by atoms with van der Waals surface area (Å²) >= 11 is 0. The highest BCUT2D eigenvalue weighted by Crippen LogP contribution is 2.36. The third kappa shape index (κ3) is 1.56. The Kier molecular flexibility index (Phi) is 2.64. The van der Waals surface area contributed by atoms with Gasteiger partial charge in [0.15, 0.2) is 5.78 Å². The maximum absolute atomic E-state index is 12.3. The zero-order valence-electron chi connectivity index (χ0n) is 11.4. The Morgan fingerprint density at radius 2 is 1.85 bits per heavy atom.